The summed E-state index contributed by atoms with van der Waals surface area (Å²) < 4.78 is 0. The molecule has 0 saturated carbocycles. The molecule has 0 bridgehead atoms. The Morgan fingerprint density at radius 1 is 0.705 bits per heavy atom. The van der Waals surface area contributed by atoms with E-state index in [0.717, 1.165) is 35.7 Å². The van der Waals surface area contributed by atoms with E-state index in [-0.39, 0.29) is 12.0 Å². The average molecular weight is 564 g/mol. The molecule has 2 aliphatic heterocycles. The summed E-state index contributed by atoms with van der Waals surface area (Å²) in [6, 6.07) is 35.4. The molecule has 0 fully saturated rings. The molecule has 4 aliphatic rings. The molecule has 0 N–H and O–H groups in total. The van der Waals surface area contributed by atoms with Crippen molar-refractivity contribution >= 4 is 29.3 Å². The second-order valence-electron chi connectivity index (χ2n) is 12.0. The Morgan fingerprint density at radius 2 is 1.50 bits per heavy atom. The molecular weight excluding hydrogens is 533 g/mol. The third-order valence-corrected chi connectivity index (χ3v) is 9.67. The molecular formula is C40H30BN3. The lowest BCUT2D eigenvalue weighted by Gasteiger charge is -2.34. The predicted molar refractivity (Wildman–Crippen MR) is 183 cm³/mol. The number of rotatable bonds is 3. The van der Waals surface area contributed by atoms with Crippen molar-refractivity contribution in [1.29, 1.82) is 0 Å². The summed E-state index contributed by atoms with van der Waals surface area (Å²) in [4.78, 5) is 12.5. The Balaban J connectivity index is 1.17. The van der Waals surface area contributed by atoms with Crippen molar-refractivity contribution in [2.75, 3.05) is 4.90 Å². The molecule has 0 saturated heterocycles. The van der Waals surface area contributed by atoms with E-state index in [9.17, 15) is 0 Å². The molecule has 0 radical (unpaired) electrons. The van der Waals surface area contributed by atoms with Crippen LogP contribution in [-0.4, -0.2) is 22.7 Å². The summed E-state index contributed by atoms with van der Waals surface area (Å²) in [5.74, 6) is 0.906. The fraction of sp³-hybridized carbons (Fsp3) is 0.100. The quantitative estimate of drug-likeness (QED) is 0.209. The predicted octanol–water partition coefficient (Wildman–Crippen LogP) is 7.95. The maximum atomic E-state index is 5.29. The molecule has 3 heterocycles. The highest BCUT2D eigenvalue weighted by atomic mass is 15.3. The molecule has 0 amide bonds. The first kappa shape index (κ1) is 25.3. The lowest BCUT2D eigenvalue weighted by atomic mass is 9.37. The van der Waals surface area contributed by atoms with E-state index in [1.165, 1.54) is 44.2 Å². The number of anilines is 2. The third-order valence-electron chi connectivity index (χ3n) is 9.67. The maximum absolute atomic E-state index is 5.29. The normalized spacial score (nSPS) is 19.0. The van der Waals surface area contributed by atoms with Crippen molar-refractivity contribution in [2.45, 2.75) is 24.8 Å². The minimum atomic E-state index is 0.0607. The lowest BCUT2D eigenvalue weighted by molar-refractivity contribution is 0.684. The van der Waals surface area contributed by atoms with E-state index in [2.05, 4.69) is 138 Å². The van der Waals surface area contributed by atoms with Gasteiger partial charge in [0.15, 0.2) is 0 Å². The zero-order valence-corrected chi connectivity index (χ0v) is 24.3. The summed E-state index contributed by atoms with van der Waals surface area (Å²) in [5, 5.41) is 0. The highest BCUT2D eigenvalue weighted by Gasteiger charge is 2.36. The van der Waals surface area contributed by atoms with Gasteiger partial charge in [-0.3, -0.25) is 0 Å². The molecule has 2 aliphatic carbocycles. The summed E-state index contributed by atoms with van der Waals surface area (Å²) in [6.07, 6.45) is 19.9. The van der Waals surface area contributed by atoms with Crippen molar-refractivity contribution in [2.24, 2.45) is 0 Å². The first-order chi connectivity index (χ1) is 21.8. The highest BCUT2D eigenvalue weighted by molar-refractivity contribution is 6.94. The van der Waals surface area contributed by atoms with Crippen molar-refractivity contribution in [1.82, 2.24) is 9.97 Å². The van der Waals surface area contributed by atoms with Crippen LogP contribution in [-0.2, 0) is 0 Å². The summed E-state index contributed by atoms with van der Waals surface area (Å²) >= 11 is 0. The van der Waals surface area contributed by atoms with Crippen LogP contribution >= 0.6 is 0 Å². The summed E-state index contributed by atoms with van der Waals surface area (Å²) in [5.41, 5.74) is 13.9. The van der Waals surface area contributed by atoms with E-state index in [1.807, 2.05) is 12.3 Å². The van der Waals surface area contributed by atoms with E-state index >= 15 is 0 Å². The highest BCUT2D eigenvalue weighted by Crippen LogP contribution is 2.47. The number of nitrogens with zero attached hydrogens (tertiary/aromatic N) is 3. The Bertz CT molecular complexity index is 2070. The first-order valence-corrected chi connectivity index (χ1v) is 15.6. The molecule has 208 valence electrons. The molecule has 0 spiro atoms. The van der Waals surface area contributed by atoms with Crippen LogP contribution in [0.3, 0.4) is 0 Å². The van der Waals surface area contributed by atoms with Crippen LogP contribution < -0.4 is 15.8 Å². The topological polar surface area (TPSA) is 29.0 Å². The largest absolute Gasteiger partial charge is 0.302 e. The van der Waals surface area contributed by atoms with Crippen LogP contribution in [0.1, 0.15) is 24.3 Å². The molecule has 3 nitrogen and oxygen atoms in total. The molecule has 4 heteroatoms. The molecule has 2 atom stereocenters. The van der Waals surface area contributed by atoms with Crippen LogP contribution in [0.4, 0.5) is 11.6 Å². The van der Waals surface area contributed by atoms with Gasteiger partial charge in [0, 0.05) is 23.2 Å². The standard InChI is InChI=1S/C40H30BN3/c1-2-12-28(13-3-1)41-35-19-9-6-16-31(35)34-26-27(22-23-36(34)41)37-24-25-42-40(43-37)44-38-20-10-7-17-32(38)29-14-4-5-15-30(29)33-18-8-11-21-39(33)44/h1-2,4-12,14-26,32,38H,3,13H2. The molecule has 44 heavy (non-hydrogen) atoms. The average Bonchev–Trinajstić information content (AvgIpc) is 3.36. The number of aromatic nitrogens is 2. The summed E-state index contributed by atoms with van der Waals surface area (Å²) in [7, 11) is 0. The van der Waals surface area contributed by atoms with Gasteiger partial charge >= 0.3 is 0 Å². The third kappa shape index (κ3) is 3.91. The summed E-state index contributed by atoms with van der Waals surface area (Å²) in [6.45, 7) is 0.319. The van der Waals surface area contributed by atoms with Gasteiger partial charge in [-0.2, -0.15) is 0 Å². The van der Waals surface area contributed by atoms with E-state index in [0.29, 0.717) is 6.71 Å². The zero-order valence-electron chi connectivity index (χ0n) is 24.3. The fourth-order valence-electron chi connectivity index (χ4n) is 7.72. The van der Waals surface area contributed by atoms with Gasteiger partial charge in [-0.25, -0.2) is 9.97 Å². The van der Waals surface area contributed by atoms with Crippen molar-refractivity contribution in [3.05, 3.63) is 157 Å². The Kier molecular flexibility index (Phi) is 5.87. The van der Waals surface area contributed by atoms with Gasteiger partial charge in [0.25, 0.3) is 0 Å². The molecule has 2 unspecified atom stereocenters. The van der Waals surface area contributed by atoms with Gasteiger partial charge in [0.1, 0.15) is 0 Å². The fourth-order valence-corrected chi connectivity index (χ4v) is 7.72. The van der Waals surface area contributed by atoms with Crippen molar-refractivity contribution in [3.63, 3.8) is 0 Å². The number of hydrogen-bond acceptors (Lipinski definition) is 3. The second-order valence-corrected chi connectivity index (χ2v) is 12.0. The molecule has 5 aromatic rings. The van der Waals surface area contributed by atoms with E-state index in [1.54, 1.807) is 0 Å². The van der Waals surface area contributed by atoms with Crippen LogP contribution in [0.15, 0.2) is 151 Å². The Morgan fingerprint density at radius 3 is 2.41 bits per heavy atom. The number of benzene rings is 4. The Labute approximate surface area is 258 Å². The monoisotopic (exact) mass is 563 g/mol. The van der Waals surface area contributed by atoms with Gasteiger partial charge in [0.2, 0.25) is 12.7 Å². The second kappa shape index (κ2) is 10.2. The molecule has 1 aromatic heterocycles. The molecule has 4 aromatic carbocycles. The minimum absolute atomic E-state index is 0.0607. The number of hydrogen-bond donors (Lipinski definition) is 0. The van der Waals surface area contributed by atoms with Gasteiger partial charge in [0.05, 0.1) is 17.4 Å². The number of fused-ring (bicyclic) bond motifs is 8. The smallest absolute Gasteiger partial charge is 0.238 e. The minimum Gasteiger partial charge on any atom is -0.302 e. The van der Waals surface area contributed by atoms with Gasteiger partial charge in [-0.15, -0.1) is 0 Å². The van der Waals surface area contributed by atoms with E-state index < -0.39 is 0 Å². The van der Waals surface area contributed by atoms with Crippen LogP contribution in [0.5, 0.6) is 0 Å². The Hall–Kier alpha value is -5.22. The van der Waals surface area contributed by atoms with Gasteiger partial charge in [-0.05, 0) is 53.3 Å². The van der Waals surface area contributed by atoms with Crippen LogP contribution in [0.2, 0.25) is 0 Å². The van der Waals surface area contributed by atoms with Crippen molar-refractivity contribution in [3.8, 4) is 33.5 Å². The molecule has 9 rings (SSSR count). The van der Waals surface area contributed by atoms with E-state index in [4.69, 9.17) is 9.97 Å². The zero-order chi connectivity index (χ0) is 29.0. The van der Waals surface area contributed by atoms with Crippen LogP contribution in [0.25, 0.3) is 33.5 Å². The SMILES string of the molecule is C1=CCCC(B2c3ccccc3-c3cc(-c4ccnc(N5c6ccccc6-c6ccccc6C6C=CC=CC65)n4)ccc32)=C1. The maximum Gasteiger partial charge on any atom is 0.238 e. The van der Waals surface area contributed by atoms with Crippen molar-refractivity contribution < 1.29 is 0 Å². The van der Waals surface area contributed by atoms with Gasteiger partial charge < -0.3 is 4.90 Å². The first-order valence-electron chi connectivity index (χ1n) is 15.6. The van der Waals surface area contributed by atoms with Crippen LogP contribution in [0, 0.1) is 0 Å². The number of allylic oxidation sites excluding steroid dienone is 6. The lowest BCUT2D eigenvalue weighted by Crippen LogP contribution is -2.40. The number of para-hydroxylation sites is 1. The van der Waals surface area contributed by atoms with Gasteiger partial charge in [-0.1, -0.05) is 138 Å².